The van der Waals surface area contributed by atoms with E-state index in [1.54, 1.807) is 0 Å². The van der Waals surface area contributed by atoms with Gasteiger partial charge in [-0.15, -0.1) is 0 Å². The summed E-state index contributed by atoms with van der Waals surface area (Å²) in [4.78, 5) is 12.9. The van der Waals surface area contributed by atoms with Gasteiger partial charge < -0.3 is 10.0 Å². The monoisotopic (exact) mass is 285 g/mol. The average Bonchev–Trinajstić information content (AvgIpc) is 2.40. The minimum absolute atomic E-state index is 0.00223. The number of sulfone groups is 1. The zero-order chi connectivity index (χ0) is 14.5. The maximum atomic E-state index is 12.1. The molecule has 1 aromatic carbocycles. The van der Waals surface area contributed by atoms with Gasteiger partial charge in [0, 0.05) is 6.54 Å². The lowest BCUT2D eigenvalue weighted by Crippen LogP contribution is -2.29. The molecule has 0 atom stereocenters. The third kappa shape index (κ3) is 4.33. The molecule has 0 saturated heterocycles. The SMILES string of the molecule is CCN(CC)CCS(=O)(=O)c1cccc(C(=O)O)c1. The van der Waals surface area contributed by atoms with Crippen LogP contribution >= 0.6 is 0 Å². The third-order valence-corrected chi connectivity index (χ3v) is 4.70. The fourth-order valence-corrected chi connectivity index (χ4v) is 3.06. The standard InChI is InChI=1S/C13H19NO4S/c1-3-14(4-2)8-9-19(17,18)12-7-5-6-11(10-12)13(15)16/h5-7,10H,3-4,8-9H2,1-2H3,(H,15,16). The van der Waals surface area contributed by atoms with Crippen molar-refractivity contribution in [2.24, 2.45) is 0 Å². The number of carboxylic acids is 1. The van der Waals surface area contributed by atoms with Gasteiger partial charge in [0.15, 0.2) is 9.84 Å². The van der Waals surface area contributed by atoms with Crippen LogP contribution in [0.3, 0.4) is 0 Å². The Morgan fingerprint density at radius 3 is 2.42 bits per heavy atom. The summed E-state index contributed by atoms with van der Waals surface area (Å²) < 4.78 is 24.2. The first-order valence-corrected chi connectivity index (χ1v) is 7.84. The molecule has 0 heterocycles. The molecule has 0 aliphatic carbocycles. The number of carbonyl (C=O) groups is 1. The van der Waals surface area contributed by atoms with Crippen LogP contribution in [0.4, 0.5) is 0 Å². The lowest BCUT2D eigenvalue weighted by Gasteiger charge is -2.17. The highest BCUT2D eigenvalue weighted by atomic mass is 32.2. The Kier molecular flexibility index (Phi) is 5.50. The van der Waals surface area contributed by atoms with Crippen LogP contribution < -0.4 is 0 Å². The van der Waals surface area contributed by atoms with Gasteiger partial charge in [-0.25, -0.2) is 13.2 Å². The van der Waals surface area contributed by atoms with Crippen LogP contribution in [0.1, 0.15) is 24.2 Å². The number of hydrogen-bond acceptors (Lipinski definition) is 4. The van der Waals surface area contributed by atoms with E-state index in [9.17, 15) is 13.2 Å². The van der Waals surface area contributed by atoms with E-state index in [0.29, 0.717) is 6.54 Å². The van der Waals surface area contributed by atoms with Crippen molar-refractivity contribution in [3.63, 3.8) is 0 Å². The number of benzene rings is 1. The highest BCUT2D eigenvalue weighted by Crippen LogP contribution is 2.13. The van der Waals surface area contributed by atoms with Crippen molar-refractivity contribution in [3.05, 3.63) is 29.8 Å². The molecular formula is C13H19NO4S. The van der Waals surface area contributed by atoms with Crippen molar-refractivity contribution in [1.29, 1.82) is 0 Å². The van der Waals surface area contributed by atoms with Gasteiger partial charge in [0.2, 0.25) is 0 Å². The summed E-state index contributed by atoms with van der Waals surface area (Å²) in [7, 11) is -3.44. The summed E-state index contributed by atoms with van der Waals surface area (Å²) in [6.07, 6.45) is 0. The lowest BCUT2D eigenvalue weighted by atomic mass is 10.2. The van der Waals surface area contributed by atoms with Crippen LogP contribution in [-0.4, -0.2) is 49.8 Å². The van der Waals surface area contributed by atoms with Crippen LogP contribution in [0.15, 0.2) is 29.2 Å². The van der Waals surface area contributed by atoms with Gasteiger partial charge in [0.05, 0.1) is 16.2 Å². The second-order valence-electron chi connectivity index (χ2n) is 4.18. The van der Waals surface area contributed by atoms with Crippen molar-refractivity contribution >= 4 is 15.8 Å². The summed E-state index contributed by atoms with van der Waals surface area (Å²) in [6.45, 7) is 5.98. The molecule has 0 amide bonds. The molecule has 106 valence electrons. The summed E-state index contributed by atoms with van der Waals surface area (Å²) in [5, 5.41) is 8.87. The largest absolute Gasteiger partial charge is 0.478 e. The van der Waals surface area contributed by atoms with E-state index in [-0.39, 0.29) is 16.2 Å². The molecule has 1 aromatic rings. The fourth-order valence-electron chi connectivity index (χ4n) is 1.73. The maximum absolute atomic E-state index is 12.1. The Bertz CT molecular complexity index is 535. The molecule has 0 unspecified atom stereocenters. The van der Waals surface area contributed by atoms with E-state index in [1.807, 2.05) is 18.7 Å². The van der Waals surface area contributed by atoms with E-state index < -0.39 is 15.8 Å². The van der Waals surface area contributed by atoms with Gasteiger partial charge in [-0.05, 0) is 31.3 Å². The maximum Gasteiger partial charge on any atom is 0.335 e. The number of aromatic carboxylic acids is 1. The Hall–Kier alpha value is -1.40. The molecule has 19 heavy (non-hydrogen) atoms. The summed E-state index contributed by atoms with van der Waals surface area (Å²) in [5.74, 6) is -1.13. The van der Waals surface area contributed by atoms with Crippen LogP contribution in [0.5, 0.6) is 0 Å². The number of hydrogen-bond donors (Lipinski definition) is 1. The molecule has 0 spiro atoms. The van der Waals surface area contributed by atoms with Gasteiger partial charge in [0.25, 0.3) is 0 Å². The minimum Gasteiger partial charge on any atom is -0.478 e. The predicted molar refractivity (Wildman–Crippen MR) is 73.2 cm³/mol. The number of nitrogens with zero attached hydrogens (tertiary/aromatic N) is 1. The average molecular weight is 285 g/mol. The molecular weight excluding hydrogens is 266 g/mol. The van der Waals surface area contributed by atoms with Crippen LogP contribution in [0, 0.1) is 0 Å². The predicted octanol–water partition coefficient (Wildman–Crippen LogP) is 1.50. The van der Waals surface area contributed by atoms with E-state index >= 15 is 0 Å². The second kappa shape index (κ2) is 6.68. The van der Waals surface area contributed by atoms with E-state index in [2.05, 4.69) is 0 Å². The molecule has 1 N–H and O–H groups in total. The zero-order valence-electron chi connectivity index (χ0n) is 11.2. The molecule has 0 fully saturated rings. The highest BCUT2D eigenvalue weighted by molar-refractivity contribution is 7.91. The Balaban J connectivity index is 2.88. The lowest BCUT2D eigenvalue weighted by molar-refractivity contribution is 0.0696. The third-order valence-electron chi connectivity index (χ3n) is 3.01. The minimum atomic E-state index is -3.44. The molecule has 1 rings (SSSR count). The van der Waals surface area contributed by atoms with E-state index in [0.717, 1.165) is 13.1 Å². The Morgan fingerprint density at radius 2 is 1.89 bits per heavy atom. The first kappa shape index (κ1) is 15.7. The zero-order valence-corrected chi connectivity index (χ0v) is 12.0. The van der Waals surface area contributed by atoms with Gasteiger partial charge in [0.1, 0.15) is 0 Å². The molecule has 0 bridgehead atoms. The quantitative estimate of drug-likeness (QED) is 0.821. The molecule has 0 aliphatic rings. The van der Waals surface area contributed by atoms with Gasteiger partial charge in [-0.3, -0.25) is 0 Å². The van der Waals surface area contributed by atoms with Gasteiger partial charge in [-0.1, -0.05) is 19.9 Å². The fraction of sp³-hybridized carbons (Fsp3) is 0.462. The van der Waals surface area contributed by atoms with Gasteiger partial charge >= 0.3 is 5.97 Å². The summed E-state index contributed by atoms with van der Waals surface area (Å²) >= 11 is 0. The highest BCUT2D eigenvalue weighted by Gasteiger charge is 2.17. The van der Waals surface area contributed by atoms with Crippen molar-refractivity contribution in [2.45, 2.75) is 18.7 Å². The topological polar surface area (TPSA) is 74.7 Å². The molecule has 0 radical (unpaired) electrons. The van der Waals surface area contributed by atoms with E-state index in [4.69, 9.17) is 5.11 Å². The number of carboxylic acid groups (broad SMARTS) is 1. The smallest absolute Gasteiger partial charge is 0.335 e. The first-order valence-electron chi connectivity index (χ1n) is 6.19. The van der Waals surface area contributed by atoms with Crippen molar-refractivity contribution < 1.29 is 18.3 Å². The number of rotatable bonds is 7. The molecule has 0 aliphatic heterocycles. The molecule has 6 heteroatoms. The van der Waals surface area contributed by atoms with E-state index in [1.165, 1.54) is 24.3 Å². The van der Waals surface area contributed by atoms with Crippen LogP contribution in [-0.2, 0) is 9.84 Å². The van der Waals surface area contributed by atoms with Crippen LogP contribution in [0.2, 0.25) is 0 Å². The van der Waals surface area contributed by atoms with Gasteiger partial charge in [-0.2, -0.15) is 0 Å². The Labute approximate surface area is 113 Å². The summed E-state index contributed by atoms with van der Waals surface area (Å²) in [5.41, 5.74) is -0.0103. The second-order valence-corrected chi connectivity index (χ2v) is 6.29. The first-order chi connectivity index (χ1) is 8.90. The Morgan fingerprint density at radius 1 is 1.26 bits per heavy atom. The van der Waals surface area contributed by atoms with Crippen molar-refractivity contribution in [3.8, 4) is 0 Å². The summed E-state index contributed by atoms with van der Waals surface area (Å²) in [6, 6.07) is 5.48. The normalized spacial score (nSPS) is 11.7. The molecule has 0 saturated carbocycles. The van der Waals surface area contributed by atoms with Crippen molar-refractivity contribution in [1.82, 2.24) is 4.90 Å². The van der Waals surface area contributed by atoms with Crippen molar-refractivity contribution in [2.75, 3.05) is 25.4 Å². The molecule has 5 nitrogen and oxygen atoms in total. The molecule has 0 aromatic heterocycles. The van der Waals surface area contributed by atoms with Crippen LogP contribution in [0.25, 0.3) is 0 Å².